The molecule has 0 radical (unpaired) electrons. The molecule has 1 heterocycles. The molecule has 1 fully saturated rings. The maximum absolute atomic E-state index is 11.9. The van der Waals surface area contributed by atoms with Crippen LogP contribution in [-0.2, 0) is 14.3 Å². The van der Waals surface area contributed by atoms with Gasteiger partial charge in [-0.25, -0.2) is 0 Å². The highest BCUT2D eigenvalue weighted by molar-refractivity contribution is 6.31. The molecular formula is C11H10ClNO4. The zero-order valence-electron chi connectivity index (χ0n) is 8.77. The van der Waals surface area contributed by atoms with E-state index < -0.39 is 17.3 Å². The lowest BCUT2D eigenvalue weighted by Crippen LogP contribution is -2.57. The van der Waals surface area contributed by atoms with Crippen LogP contribution in [0.2, 0.25) is 5.02 Å². The van der Waals surface area contributed by atoms with E-state index in [1.54, 1.807) is 24.3 Å². The smallest absolute Gasteiger partial charge is 0.324 e. The van der Waals surface area contributed by atoms with Gasteiger partial charge in [-0.3, -0.25) is 9.59 Å². The Morgan fingerprint density at radius 3 is 2.59 bits per heavy atom. The lowest BCUT2D eigenvalue weighted by atomic mass is 9.85. The minimum atomic E-state index is -1.47. The zero-order valence-corrected chi connectivity index (χ0v) is 9.53. The van der Waals surface area contributed by atoms with Crippen LogP contribution in [0.5, 0.6) is 0 Å². The maximum Gasteiger partial charge on any atom is 0.324 e. The SMILES string of the molecule is O=C(O)C1(C(=O)Nc2cccc(Cl)c2)COC1. The Morgan fingerprint density at radius 2 is 2.12 bits per heavy atom. The fourth-order valence-corrected chi connectivity index (χ4v) is 1.67. The van der Waals surface area contributed by atoms with Crippen LogP contribution in [0.25, 0.3) is 0 Å². The number of nitrogens with one attached hydrogen (secondary N) is 1. The second kappa shape index (κ2) is 4.35. The third-order valence-corrected chi connectivity index (χ3v) is 2.86. The van der Waals surface area contributed by atoms with Crippen molar-refractivity contribution in [1.29, 1.82) is 0 Å². The van der Waals surface area contributed by atoms with Crippen molar-refractivity contribution in [2.24, 2.45) is 5.41 Å². The van der Waals surface area contributed by atoms with Crippen LogP contribution in [-0.4, -0.2) is 30.2 Å². The number of hydrogen-bond donors (Lipinski definition) is 2. The van der Waals surface area contributed by atoms with E-state index in [0.717, 1.165) is 0 Å². The highest BCUT2D eigenvalue weighted by atomic mass is 35.5. The topological polar surface area (TPSA) is 75.6 Å². The van der Waals surface area contributed by atoms with Gasteiger partial charge < -0.3 is 15.2 Å². The zero-order chi connectivity index (χ0) is 12.5. The molecule has 1 aromatic carbocycles. The van der Waals surface area contributed by atoms with E-state index in [1.807, 2.05) is 0 Å². The average Bonchev–Trinajstić information content (AvgIpc) is 2.14. The summed E-state index contributed by atoms with van der Waals surface area (Å²) in [5.41, 5.74) is -1.00. The molecule has 0 spiro atoms. The summed E-state index contributed by atoms with van der Waals surface area (Å²) in [5.74, 6) is -1.76. The molecule has 1 aromatic rings. The number of aliphatic carboxylic acids is 1. The van der Waals surface area contributed by atoms with Crippen LogP contribution in [0, 0.1) is 5.41 Å². The van der Waals surface area contributed by atoms with Gasteiger partial charge in [0.05, 0.1) is 13.2 Å². The summed E-state index contributed by atoms with van der Waals surface area (Å²) in [6, 6.07) is 6.52. The van der Waals surface area contributed by atoms with Crippen molar-refractivity contribution >= 4 is 29.2 Å². The van der Waals surface area contributed by atoms with Crippen molar-refractivity contribution in [3.63, 3.8) is 0 Å². The van der Waals surface area contributed by atoms with Gasteiger partial charge in [-0.15, -0.1) is 0 Å². The summed E-state index contributed by atoms with van der Waals surface area (Å²) in [6.45, 7) is -0.205. The van der Waals surface area contributed by atoms with Gasteiger partial charge >= 0.3 is 5.97 Å². The number of carboxylic acid groups (broad SMARTS) is 1. The van der Waals surface area contributed by atoms with Gasteiger partial charge in [-0.2, -0.15) is 0 Å². The Kier molecular flexibility index (Phi) is 3.04. The Bertz CT molecular complexity index is 470. The number of ether oxygens (including phenoxy) is 1. The lowest BCUT2D eigenvalue weighted by Gasteiger charge is -2.35. The van der Waals surface area contributed by atoms with Crippen LogP contribution < -0.4 is 5.32 Å². The molecule has 6 heteroatoms. The van der Waals surface area contributed by atoms with Crippen molar-refractivity contribution in [3.8, 4) is 0 Å². The molecule has 1 aliphatic rings. The van der Waals surface area contributed by atoms with E-state index in [-0.39, 0.29) is 13.2 Å². The molecule has 2 rings (SSSR count). The van der Waals surface area contributed by atoms with Crippen molar-refractivity contribution in [1.82, 2.24) is 0 Å². The molecule has 0 bridgehead atoms. The molecule has 0 atom stereocenters. The number of halogens is 1. The summed E-state index contributed by atoms with van der Waals surface area (Å²) in [7, 11) is 0. The average molecular weight is 256 g/mol. The Balaban J connectivity index is 2.14. The number of benzene rings is 1. The number of rotatable bonds is 3. The molecule has 1 saturated heterocycles. The Hall–Kier alpha value is -1.59. The van der Waals surface area contributed by atoms with E-state index >= 15 is 0 Å². The van der Waals surface area contributed by atoms with Crippen LogP contribution in [0.4, 0.5) is 5.69 Å². The third-order valence-electron chi connectivity index (χ3n) is 2.62. The van der Waals surface area contributed by atoms with Crippen molar-refractivity contribution < 1.29 is 19.4 Å². The van der Waals surface area contributed by atoms with Crippen molar-refractivity contribution in [2.75, 3.05) is 18.5 Å². The first-order chi connectivity index (χ1) is 8.04. The minimum absolute atomic E-state index is 0.102. The summed E-state index contributed by atoms with van der Waals surface area (Å²) in [6.07, 6.45) is 0. The molecule has 0 aromatic heterocycles. The van der Waals surface area contributed by atoms with E-state index in [1.165, 1.54) is 0 Å². The second-order valence-electron chi connectivity index (χ2n) is 3.84. The number of hydrogen-bond acceptors (Lipinski definition) is 3. The van der Waals surface area contributed by atoms with E-state index in [9.17, 15) is 9.59 Å². The van der Waals surface area contributed by atoms with E-state index in [2.05, 4.69) is 5.32 Å². The summed E-state index contributed by atoms with van der Waals surface area (Å²) >= 11 is 5.76. The molecule has 1 aliphatic heterocycles. The van der Waals surface area contributed by atoms with Crippen LogP contribution >= 0.6 is 11.6 Å². The summed E-state index contributed by atoms with van der Waals surface area (Å²) in [4.78, 5) is 22.9. The molecule has 0 unspecified atom stereocenters. The first-order valence-electron chi connectivity index (χ1n) is 4.93. The number of carboxylic acids is 1. The quantitative estimate of drug-likeness (QED) is 0.800. The largest absolute Gasteiger partial charge is 0.480 e. The molecule has 1 amide bonds. The summed E-state index contributed by atoms with van der Waals surface area (Å²) in [5, 5.41) is 12.0. The van der Waals surface area contributed by atoms with Gasteiger partial charge in [0, 0.05) is 10.7 Å². The second-order valence-corrected chi connectivity index (χ2v) is 4.28. The van der Waals surface area contributed by atoms with Gasteiger partial charge in [-0.1, -0.05) is 17.7 Å². The van der Waals surface area contributed by atoms with Gasteiger partial charge in [0.25, 0.3) is 0 Å². The normalized spacial score (nSPS) is 17.0. The lowest BCUT2D eigenvalue weighted by molar-refractivity contribution is -0.182. The Labute approximate surface area is 102 Å². The van der Waals surface area contributed by atoms with E-state index in [0.29, 0.717) is 10.7 Å². The first kappa shape index (κ1) is 11.9. The molecule has 17 heavy (non-hydrogen) atoms. The monoisotopic (exact) mass is 255 g/mol. The predicted octanol–water partition coefficient (Wildman–Crippen LogP) is 1.38. The summed E-state index contributed by atoms with van der Waals surface area (Å²) < 4.78 is 4.81. The molecule has 0 aliphatic carbocycles. The maximum atomic E-state index is 11.9. The first-order valence-corrected chi connectivity index (χ1v) is 5.30. The van der Waals surface area contributed by atoms with Crippen LogP contribution in [0.3, 0.4) is 0 Å². The van der Waals surface area contributed by atoms with Crippen LogP contribution in [0.1, 0.15) is 0 Å². The molecule has 0 saturated carbocycles. The molecule has 2 N–H and O–H groups in total. The predicted molar refractivity (Wildman–Crippen MR) is 61.0 cm³/mol. The van der Waals surface area contributed by atoms with Gasteiger partial charge in [-0.05, 0) is 18.2 Å². The van der Waals surface area contributed by atoms with Crippen LogP contribution in [0.15, 0.2) is 24.3 Å². The molecular weight excluding hydrogens is 246 g/mol. The standard InChI is InChI=1S/C11H10ClNO4/c12-7-2-1-3-8(4-7)13-9(14)11(10(15)16)5-17-6-11/h1-4H,5-6H2,(H,13,14)(H,15,16). The fraction of sp³-hybridized carbons (Fsp3) is 0.273. The van der Waals surface area contributed by atoms with Crippen molar-refractivity contribution in [3.05, 3.63) is 29.3 Å². The van der Waals surface area contributed by atoms with Gasteiger partial charge in [0.15, 0.2) is 5.41 Å². The van der Waals surface area contributed by atoms with Gasteiger partial charge in [0.1, 0.15) is 0 Å². The minimum Gasteiger partial charge on any atom is -0.480 e. The number of anilines is 1. The third kappa shape index (κ3) is 2.11. The van der Waals surface area contributed by atoms with Crippen molar-refractivity contribution in [2.45, 2.75) is 0 Å². The number of carbonyl (C=O) groups is 2. The highest BCUT2D eigenvalue weighted by Gasteiger charge is 2.53. The fourth-order valence-electron chi connectivity index (χ4n) is 1.47. The highest BCUT2D eigenvalue weighted by Crippen LogP contribution is 2.29. The number of amides is 1. The molecule has 90 valence electrons. The Morgan fingerprint density at radius 1 is 1.41 bits per heavy atom. The van der Waals surface area contributed by atoms with E-state index in [4.69, 9.17) is 21.4 Å². The molecule has 5 nitrogen and oxygen atoms in total. The number of carbonyl (C=O) groups excluding carboxylic acids is 1. The van der Waals surface area contributed by atoms with Gasteiger partial charge in [0.2, 0.25) is 5.91 Å².